The van der Waals surface area contributed by atoms with E-state index in [-0.39, 0.29) is 11.7 Å². The number of ether oxygens (including phenoxy) is 1. The van der Waals surface area contributed by atoms with Gasteiger partial charge in [0, 0.05) is 7.11 Å². The lowest BCUT2D eigenvalue weighted by molar-refractivity contribution is 0.00305. The molecule has 1 aromatic rings. The molecule has 1 N–H and O–H groups in total. The Morgan fingerprint density at radius 1 is 1.29 bits per heavy atom. The third-order valence-corrected chi connectivity index (χ3v) is 3.35. The first-order valence-corrected chi connectivity index (χ1v) is 6.22. The van der Waals surface area contributed by atoms with Crippen LogP contribution in [-0.4, -0.2) is 23.9 Å². The van der Waals surface area contributed by atoms with E-state index in [0.717, 1.165) is 19.3 Å². The summed E-state index contributed by atoms with van der Waals surface area (Å²) in [7, 11) is 1.72. The smallest absolute Gasteiger partial charge is 0.0623 e. The largest absolute Gasteiger partial charge is 0.393 e. The number of methoxy groups -OCH3 is 1. The Bertz CT molecular complexity index is 345. The van der Waals surface area contributed by atoms with Gasteiger partial charge >= 0.3 is 0 Å². The van der Waals surface area contributed by atoms with Crippen LogP contribution in [0, 0.1) is 6.92 Å². The van der Waals surface area contributed by atoms with Gasteiger partial charge in [0.15, 0.2) is 0 Å². The maximum Gasteiger partial charge on any atom is 0.0623 e. The molecular formula is C15H24O2. The van der Waals surface area contributed by atoms with E-state index in [0.29, 0.717) is 0 Å². The van der Waals surface area contributed by atoms with Gasteiger partial charge in [-0.25, -0.2) is 0 Å². The van der Waals surface area contributed by atoms with E-state index in [1.54, 1.807) is 7.11 Å². The fraction of sp³-hybridized carbons (Fsp3) is 0.600. The highest BCUT2D eigenvalue weighted by molar-refractivity contribution is 5.26. The van der Waals surface area contributed by atoms with E-state index in [1.807, 2.05) is 26.0 Å². The molecule has 0 spiro atoms. The van der Waals surface area contributed by atoms with Crippen molar-refractivity contribution in [3.05, 3.63) is 35.4 Å². The molecule has 0 aromatic heterocycles. The van der Waals surface area contributed by atoms with Crippen LogP contribution in [-0.2, 0) is 11.2 Å². The zero-order chi connectivity index (χ0) is 12.9. The van der Waals surface area contributed by atoms with Crippen LogP contribution in [0.4, 0.5) is 0 Å². The highest BCUT2D eigenvalue weighted by atomic mass is 16.5. The molecule has 0 aliphatic heterocycles. The van der Waals surface area contributed by atoms with Gasteiger partial charge in [0.25, 0.3) is 0 Å². The van der Waals surface area contributed by atoms with Crippen LogP contribution >= 0.6 is 0 Å². The maximum absolute atomic E-state index is 10.0. The molecule has 0 saturated heterocycles. The van der Waals surface area contributed by atoms with Gasteiger partial charge in [0.05, 0.1) is 11.7 Å². The van der Waals surface area contributed by atoms with Gasteiger partial charge in [-0.3, -0.25) is 0 Å². The van der Waals surface area contributed by atoms with E-state index in [4.69, 9.17) is 4.74 Å². The number of hydrogen-bond acceptors (Lipinski definition) is 2. The zero-order valence-corrected chi connectivity index (χ0v) is 11.4. The molecule has 2 nitrogen and oxygen atoms in total. The second-order valence-corrected chi connectivity index (χ2v) is 5.29. The molecule has 1 rings (SSSR count). The average Bonchev–Trinajstić information content (AvgIpc) is 2.30. The average molecular weight is 236 g/mol. The molecule has 96 valence electrons. The molecule has 0 amide bonds. The predicted octanol–water partition coefficient (Wildman–Crippen LogP) is 3.10. The first-order valence-electron chi connectivity index (χ1n) is 6.22. The lowest BCUT2D eigenvalue weighted by Crippen LogP contribution is -2.25. The van der Waals surface area contributed by atoms with Crippen LogP contribution in [0.25, 0.3) is 0 Å². The Morgan fingerprint density at radius 2 is 1.94 bits per heavy atom. The molecule has 1 unspecified atom stereocenters. The number of benzene rings is 1. The molecule has 2 heteroatoms. The van der Waals surface area contributed by atoms with Gasteiger partial charge < -0.3 is 9.84 Å². The minimum absolute atomic E-state index is 0.146. The van der Waals surface area contributed by atoms with Gasteiger partial charge in [0.1, 0.15) is 0 Å². The van der Waals surface area contributed by atoms with E-state index >= 15 is 0 Å². The van der Waals surface area contributed by atoms with Crippen molar-refractivity contribution < 1.29 is 9.84 Å². The van der Waals surface area contributed by atoms with Crippen LogP contribution in [0.3, 0.4) is 0 Å². The topological polar surface area (TPSA) is 29.5 Å². The minimum atomic E-state index is -0.287. The predicted molar refractivity (Wildman–Crippen MR) is 71.2 cm³/mol. The minimum Gasteiger partial charge on any atom is -0.393 e. The first-order chi connectivity index (χ1) is 7.94. The van der Waals surface area contributed by atoms with Crippen molar-refractivity contribution in [1.29, 1.82) is 0 Å². The van der Waals surface area contributed by atoms with Gasteiger partial charge in [-0.05, 0) is 51.2 Å². The van der Waals surface area contributed by atoms with E-state index < -0.39 is 0 Å². The van der Waals surface area contributed by atoms with Crippen LogP contribution in [0.2, 0.25) is 0 Å². The van der Waals surface area contributed by atoms with Crippen molar-refractivity contribution in [2.45, 2.75) is 51.7 Å². The monoisotopic (exact) mass is 236 g/mol. The summed E-state index contributed by atoms with van der Waals surface area (Å²) >= 11 is 0. The quantitative estimate of drug-likeness (QED) is 0.822. The van der Waals surface area contributed by atoms with Crippen molar-refractivity contribution in [1.82, 2.24) is 0 Å². The van der Waals surface area contributed by atoms with E-state index in [1.165, 1.54) is 11.1 Å². The number of aliphatic hydroxyl groups excluding tert-OH is 1. The van der Waals surface area contributed by atoms with Gasteiger partial charge in [-0.1, -0.05) is 24.3 Å². The normalized spacial score (nSPS) is 13.7. The summed E-state index contributed by atoms with van der Waals surface area (Å²) < 4.78 is 5.35. The lowest BCUT2D eigenvalue weighted by atomic mass is 9.95. The van der Waals surface area contributed by atoms with Crippen molar-refractivity contribution in [2.75, 3.05) is 7.11 Å². The summed E-state index contributed by atoms with van der Waals surface area (Å²) in [5.74, 6) is 0. The summed E-state index contributed by atoms with van der Waals surface area (Å²) in [6.07, 6.45) is 2.09. The zero-order valence-electron chi connectivity index (χ0n) is 11.4. The Morgan fingerprint density at radius 3 is 2.53 bits per heavy atom. The molecular weight excluding hydrogens is 212 g/mol. The van der Waals surface area contributed by atoms with Crippen molar-refractivity contribution >= 4 is 0 Å². The number of aliphatic hydroxyl groups is 1. The standard InChI is InChI=1S/C15H24O2/c1-12-7-5-6-8-13(12)11-14(16)9-10-15(2,3)17-4/h5-8,14,16H,9-11H2,1-4H3. The summed E-state index contributed by atoms with van der Waals surface area (Å²) in [5.41, 5.74) is 2.33. The number of aryl methyl sites for hydroxylation is 1. The Labute approximate surface area is 105 Å². The molecule has 1 atom stereocenters. The van der Waals surface area contributed by atoms with Gasteiger partial charge in [-0.2, -0.15) is 0 Å². The molecule has 17 heavy (non-hydrogen) atoms. The van der Waals surface area contributed by atoms with Gasteiger partial charge in [0.2, 0.25) is 0 Å². The summed E-state index contributed by atoms with van der Waals surface area (Å²) in [5, 5.41) is 10.0. The van der Waals surface area contributed by atoms with E-state index in [2.05, 4.69) is 19.1 Å². The highest BCUT2D eigenvalue weighted by Gasteiger charge is 2.18. The fourth-order valence-electron chi connectivity index (χ4n) is 1.81. The Balaban J connectivity index is 2.45. The Kier molecular flexibility index (Phi) is 5.16. The fourth-order valence-corrected chi connectivity index (χ4v) is 1.81. The number of hydrogen-bond donors (Lipinski definition) is 1. The third kappa shape index (κ3) is 4.88. The van der Waals surface area contributed by atoms with Crippen molar-refractivity contribution in [2.24, 2.45) is 0 Å². The summed E-state index contributed by atoms with van der Waals surface area (Å²) in [6.45, 7) is 6.18. The molecule has 0 heterocycles. The SMILES string of the molecule is COC(C)(C)CCC(O)Cc1ccccc1C. The number of rotatable bonds is 6. The van der Waals surface area contributed by atoms with E-state index in [9.17, 15) is 5.11 Å². The first kappa shape index (κ1) is 14.2. The molecule has 0 radical (unpaired) electrons. The van der Waals surface area contributed by atoms with Gasteiger partial charge in [-0.15, -0.1) is 0 Å². The van der Waals surface area contributed by atoms with Crippen LogP contribution in [0.5, 0.6) is 0 Å². The van der Waals surface area contributed by atoms with Crippen molar-refractivity contribution in [3.63, 3.8) is 0 Å². The Hall–Kier alpha value is -0.860. The molecule has 1 aromatic carbocycles. The van der Waals surface area contributed by atoms with Crippen molar-refractivity contribution in [3.8, 4) is 0 Å². The van der Waals surface area contributed by atoms with Crippen LogP contribution in [0.1, 0.15) is 37.8 Å². The molecule has 0 fully saturated rings. The molecule has 0 aliphatic rings. The molecule has 0 aliphatic carbocycles. The molecule has 0 bridgehead atoms. The summed E-state index contributed by atoms with van der Waals surface area (Å²) in [4.78, 5) is 0. The second-order valence-electron chi connectivity index (χ2n) is 5.29. The third-order valence-electron chi connectivity index (χ3n) is 3.35. The van der Waals surface area contributed by atoms with Crippen LogP contribution < -0.4 is 0 Å². The highest BCUT2D eigenvalue weighted by Crippen LogP contribution is 2.19. The molecule has 0 saturated carbocycles. The maximum atomic E-state index is 10.0. The second kappa shape index (κ2) is 6.18. The lowest BCUT2D eigenvalue weighted by Gasteiger charge is -2.24. The van der Waals surface area contributed by atoms with Crippen LogP contribution in [0.15, 0.2) is 24.3 Å². The summed E-state index contributed by atoms with van der Waals surface area (Å²) in [6, 6.07) is 8.22.